The highest BCUT2D eigenvalue weighted by molar-refractivity contribution is 6.32. The predicted octanol–water partition coefficient (Wildman–Crippen LogP) is 2.72. The smallest absolute Gasteiger partial charge is 0.272 e. The Kier molecular flexibility index (Phi) is 3.92. The van der Waals surface area contributed by atoms with Crippen LogP contribution in [0.5, 0.6) is 0 Å². The van der Waals surface area contributed by atoms with Crippen LogP contribution in [-0.2, 0) is 0 Å². The Bertz CT molecular complexity index is 686. The maximum absolute atomic E-state index is 12.1. The number of H-pyrrole nitrogens is 1. The molecule has 0 amide bonds. The van der Waals surface area contributed by atoms with E-state index >= 15 is 0 Å². The number of piperidine rings is 1. The van der Waals surface area contributed by atoms with Gasteiger partial charge in [-0.15, -0.1) is 0 Å². The van der Waals surface area contributed by atoms with Crippen molar-refractivity contribution >= 4 is 17.4 Å². The fourth-order valence-electron chi connectivity index (χ4n) is 2.68. The maximum Gasteiger partial charge on any atom is 0.272 e. The lowest BCUT2D eigenvalue weighted by Gasteiger charge is -2.32. The van der Waals surface area contributed by atoms with E-state index in [1.54, 1.807) is 12.4 Å². The minimum Gasteiger partial charge on any atom is -0.355 e. The van der Waals surface area contributed by atoms with Crippen LogP contribution in [0, 0.1) is 5.92 Å². The number of aromatic nitrogens is 3. The van der Waals surface area contributed by atoms with Gasteiger partial charge < -0.3 is 9.88 Å². The van der Waals surface area contributed by atoms with Crippen molar-refractivity contribution in [2.75, 3.05) is 18.0 Å². The number of hydrogen-bond acceptors (Lipinski definition) is 4. The van der Waals surface area contributed by atoms with E-state index in [4.69, 9.17) is 11.6 Å². The van der Waals surface area contributed by atoms with Gasteiger partial charge in [0.05, 0.1) is 0 Å². The minimum atomic E-state index is -0.299. The van der Waals surface area contributed by atoms with Crippen molar-refractivity contribution in [3.05, 3.63) is 39.9 Å². The fraction of sp³-hybridized carbons (Fsp3) is 0.400. The van der Waals surface area contributed by atoms with E-state index in [0.29, 0.717) is 17.6 Å². The molecule has 0 bridgehead atoms. The van der Waals surface area contributed by atoms with E-state index in [9.17, 15) is 4.79 Å². The molecule has 1 aliphatic rings. The number of anilines is 1. The lowest BCUT2D eigenvalue weighted by Crippen LogP contribution is -2.36. The maximum atomic E-state index is 12.1. The van der Waals surface area contributed by atoms with Crippen molar-refractivity contribution in [3.63, 3.8) is 0 Å². The Morgan fingerprint density at radius 3 is 2.86 bits per heavy atom. The summed E-state index contributed by atoms with van der Waals surface area (Å²) in [6.45, 7) is 3.97. The molecule has 0 spiro atoms. The Hall–Kier alpha value is -1.88. The van der Waals surface area contributed by atoms with E-state index in [-0.39, 0.29) is 10.6 Å². The highest BCUT2D eigenvalue weighted by Crippen LogP contribution is 2.27. The van der Waals surface area contributed by atoms with Gasteiger partial charge >= 0.3 is 0 Å². The molecule has 1 fully saturated rings. The van der Waals surface area contributed by atoms with Crippen LogP contribution in [0.4, 0.5) is 5.82 Å². The van der Waals surface area contributed by atoms with Crippen LogP contribution >= 0.6 is 11.6 Å². The molecule has 110 valence electrons. The summed E-state index contributed by atoms with van der Waals surface area (Å²) in [5, 5.41) is 0.168. The summed E-state index contributed by atoms with van der Waals surface area (Å²) < 4.78 is 0. The Morgan fingerprint density at radius 2 is 2.14 bits per heavy atom. The molecule has 0 aromatic carbocycles. The quantitative estimate of drug-likeness (QED) is 0.926. The van der Waals surface area contributed by atoms with E-state index in [1.165, 1.54) is 6.42 Å². The van der Waals surface area contributed by atoms with Crippen molar-refractivity contribution in [1.82, 2.24) is 15.0 Å². The summed E-state index contributed by atoms with van der Waals surface area (Å²) in [6, 6.07) is 3.63. The van der Waals surface area contributed by atoms with Gasteiger partial charge in [-0.25, -0.2) is 4.98 Å². The third-order valence-corrected chi connectivity index (χ3v) is 4.10. The van der Waals surface area contributed by atoms with Crippen LogP contribution in [0.2, 0.25) is 5.02 Å². The molecule has 0 aliphatic carbocycles. The number of aromatic amines is 1. The molecule has 1 unspecified atom stereocenters. The van der Waals surface area contributed by atoms with Crippen molar-refractivity contribution in [1.29, 1.82) is 0 Å². The summed E-state index contributed by atoms with van der Waals surface area (Å²) in [7, 11) is 0. The van der Waals surface area contributed by atoms with Crippen LogP contribution in [0.3, 0.4) is 0 Å². The van der Waals surface area contributed by atoms with E-state index < -0.39 is 0 Å². The van der Waals surface area contributed by atoms with Crippen LogP contribution in [0.25, 0.3) is 11.4 Å². The zero-order valence-electron chi connectivity index (χ0n) is 11.8. The summed E-state index contributed by atoms with van der Waals surface area (Å²) in [6.07, 6.45) is 5.64. The Labute approximate surface area is 128 Å². The number of nitrogens with zero attached hydrogens (tertiary/aromatic N) is 3. The number of rotatable bonds is 2. The topological polar surface area (TPSA) is 61.9 Å². The average molecular weight is 305 g/mol. The van der Waals surface area contributed by atoms with Crippen LogP contribution in [0.15, 0.2) is 29.3 Å². The SMILES string of the molecule is CC1CCCN(c2nc(-c3ccncc3)[nH]c(=O)c2Cl)C1. The molecule has 2 aromatic rings. The zero-order chi connectivity index (χ0) is 14.8. The first-order valence-corrected chi connectivity index (χ1v) is 7.48. The van der Waals surface area contributed by atoms with E-state index in [1.807, 2.05) is 12.1 Å². The third kappa shape index (κ3) is 2.93. The molecule has 21 heavy (non-hydrogen) atoms. The molecule has 0 saturated carbocycles. The Balaban J connectivity index is 2.04. The molecule has 1 N–H and O–H groups in total. The number of hydrogen-bond donors (Lipinski definition) is 1. The van der Waals surface area contributed by atoms with Crippen molar-refractivity contribution in [2.24, 2.45) is 5.92 Å². The first-order chi connectivity index (χ1) is 10.1. The second-order valence-electron chi connectivity index (χ2n) is 5.48. The molecular weight excluding hydrogens is 288 g/mol. The van der Waals surface area contributed by atoms with Gasteiger partial charge in [0.25, 0.3) is 5.56 Å². The third-order valence-electron chi connectivity index (χ3n) is 3.76. The summed E-state index contributed by atoms with van der Waals surface area (Å²) in [5.41, 5.74) is 0.525. The average Bonchev–Trinajstić information content (AvgIpc) is 2.51. The molecule has 6 heteroatoms. The number of nitrogens with one attached hydrogen (secondary N) is 1. The van der Waals surface area contributed by atoms with Gasteiger partial charge in [0.1, 0.15) is 10.8 Å². The molecule has 2 aromatic heterocycles. The van der Waals surface area contributed by atoms with E-state index in [0.717, 1.165) is 25.1 Å². The molecule has 1 saturated heterocycles. The lowest BCUT2D eigenvalue weighted by atomic mass is 10.0. The first kappa shape index (κ1) is 14.1. The van der Waals surface area contributed by atoms with Gasteiger partial charge in [0.2, 0.25) is 0 Å². The Morgan fingerprint density at radius 1 is 1.38 bits per heavy atom. The molecule has 3 rings (SSSR count). The molecule has 1 aliphatic heterocycles. The first-order valence-electron chi connectivity index (χ1n) is 7.10. The van der Waals surface area contributed by atoms with Gasteiger partial charge in [-0.05, 0) is 30.9 Å². The van der Waals surface area contributed by atoms with Crippen LogP contribution in [-0.4, -0.2) is 28.0 Å². The second kappa shape index (κ2) is 5.85. The van der Waals surface area contributed by atoms with Gasteiger partial charge in [0.15, 0.2) is 5.82 Å². The van der Waals surface area contributed by atoms with Gasteiger partial charge in [-0.1, -0.05) is 18.5 Å². The molecule has 0 radical (unpaired) electrons. The van der Waals surface area contributed by atoms with Gasteiger partial charge in [0, 0.05) is 31.0 Å². The molecule has 5 nitrogen and oxygen atoms in total. The summed E-state index contributed by atoms with van der Waals surface area (Å²) >= 11 is 6.17. The molecule has 3 heterocycles. The number of pyridine rings is 1. The summed E-state index contributed by atoms with van der Waals surface area (Å²) in [5.74, 6) is 1.69. The zero-order valence-corrected chi connectivity index (χ0v) is 12.6. The largest absolute Gasteiger partial charge is 0.355 e. The molecule has 1 atom stereocenters. The minimum absolute atomic E-state index is 0.168. The highest BCUT2D eigenvalue weighted by atomic mass is 35.5. The standard InChI is InChI=1S/C15H17ClN4O/c1-10-3-2-8-20(9-10)14-12(16)15(21)19-13(18-14)11-4-6-17-7-5-11/h4-7,10H,2-3,8-9H2,1H3,(H,18,19,21). The van der Waals surface area contributed by atoms with Crippen molar-refractivity contribution in [2.45, 2.75) is 19.8 Å². The molecular formula is C15H17ClN4O. The van der Waals surface area contributed by atoms with Gasteiger partial charge in [-0.3, -0.25) is 9.78 Å². The number of halogens is 1. The monoisotopic (exact) mass is 304 g/mol. The lowest BCUT2D eigenvalue weighted by molar-refractivity contribution is 0.444. The van der Waals surface area contributed by atoms with Crippen molar-refractivity contribution in [3.8, 4) is 11.4 Å². The fourth-order valence-corrected chi connectivity index (χ4v) is 2.89. The highest BCUT2D eigenvalue weighted by Gasteiger charge is 2.22. The van der Waals surface area contributed by atoms with Crippen molar-refractivity contribution < 1.29 is 0 Å². The van der Waals surface area contributed by atoms with E-state index in [2.05, 4.69) is 26.8 Å². The normalized spacial score (nSPS) is 18.8. The van der Waals surface area contributed by atoms with Gasteiger partial charge in [-0.2, -0.15) is 0 Å². The summed E-state index contributed by atoms with van der Waals surface area (Å²) in [4.78, 5) is 25.5. The predicted molar refractivity (Wildman–Crippen MR) is 83.7 cm³/mol. The van der Waals surface area contributed by atoms with Crippen LogP contribution < -0.4 is 10.5 Å². The van der Waals surface area contributed by atoms with Crippen LogP contribution in [0.1, 0.15) is 19.8 Å². The second-order valence-corrected chi connectivity index (χ2v) is 5.86.